The van der Waals surface area contributed by atoms with E-state index in [1.165, 1.54) is 0 Å². The third-order valence-electron chi connectivity index (χ3n) is 1.37. The summed E-state index contributed by atoms with van der Waals surface area (Å²) in [5.74, 6) is 0. The van der Waals surface area contributed by atoms with Crippen LogP contribution in [-0.4, -0.2) is 35.9 Å². The zero-order valence-corrected chi connectivity index (χ0v) is 6.36. The molecule has 10 heavy (non-hydrogen) atoms. The number of aliphatic hydroxyl groups excluding tert-OH is 1. The Bertz CT molecular complexity index is 116. The maximum atomic E-state index is 10.7. The van der Waals surface area contributed by atoms with E-state index in [-0.39, 0.29) is 25.2 Å². The largest absolute Gasteiger partial charge is 0.376 e. The van der Waals surface area contributed by atoms with Gasteiger partial charge in [0.15, 0.2) is 0 Å². The Labute approximate surface area is 65.6 Å². The number of rotatable bonds is 1. The summed E-state index contributed by atoms with van der Waals surface area (Å²) in [5, 5.41) is 10.5. The van der Waals surface area contributed by atoms with Crippen LogP contribution in [0, 0.1) is 0 Å². The lowest BCUT2D eigenvalue weighted by Crippen LogP contribution is -2.47. The van der Waals surface area contributed by atoms with Crippen LogP contribution in [0.1, 0.15) is 6.42 Å². The van der Waals surface area contributed by atoms with Crippen LogP contribution in [0.3, 0.4) is 0 Å². The molecule has 0 aromatic heterocycles. The highest BCUT2D eigenvalue weighted by Gasteiger charge is 2.18. The first-order valence-electron chi connectivity index (χ1n) is 2.98. The number of nitrogens with one attached hydrogen (secondary N) is 1. The van der Waals surface area contributed by atoms with E-state index in [1.807, 2.05) is 0 Å². The number of amides is 2. The van der Waals surface area contributed by atoms with Crippen molar-refractivity contribution < 1.29 is 9.90 Å². The van der Waals surface area contributed by atoms with Gasteiger partial charge in [-0.2, -0.15) is 0 Å². The molecule has 4 nitrogen and oxygen atoms in total. The molecule has 0 unspecified atom stereocenters. The number of halogens is 1. The second-order valence-corrected chi connectivity index (χ2v) is 1.98. The average Bonchev–Trinajstić information content (AvgIpc) is 1.60. The smallest absolute Gasteiger partial charge is 0.319 e. The Morgan fingerprint density at radius 2 is 2.20 bits per heavy atom. The topological polar surface area (TPSA) is 52.6 Å². The molecule has 1 rings (SSSR count). The predicted molar refractivity (Wildman–Crippen MR) is 39.1 cm³/mol. The molecule has 1 heterocycles. The van der Waals surface area contributed by atoms with Gasteiger partial charge in [-0.05, 0) is 6.42 Å². The first kappa shape index (κ1) is 9.52. The molecule has 1 saturated heterocycles. The number of hydrogen-bond donors (Lipinski definition) is 2. The molecule has 2 amide bonds. The van der Waals surface area contributed by atoms with Crippen LogP contribution in [0.25, 0.3) is 0 Å². The van der Waals surface area contributed by atoms with Gasteiger partial charge in [0.2, 0.25) is 0 Å². The lowest BCUT2D eigenvalue weighted by atomic mass is 10.2. The van der Waals surface area contributed by atoms with Crippen molar-refractivity contribution in [2.75, 3.05) is 19.8 Å². The average molecular weight is 167 g/mol. The molecule has 5 heteroatoms. The summed E-state index contributed by atoms with van der Waals surface area (Å²) in [6.07, 6.45) is 1.08. The molecule has 1 aliphatic heterocycles. The van der Waals surface area contributed by atoms with Crippen LogP contribution < -0.4 is 5.32 Å². The fraction of sp³-hybridized carbons (Fsp3) is 0.800. The number of urea groups is 1. The van der Waals surface area contributed by atoms with Crippen molar-refractivity contribution in [3.63, 3.8) is 0 Å². The van der Waals surface area contributed by atoms with Crippen molar-refractivity contribution in [1.82, 2.24) is 10.2 Å². The Hall–Kier alpha value is -0.480. The molecule has 0 spiro atoms. The Kier molecular flexibility index (Phi) is 4.14. The highest BCUT2D eigenvalue weighted by molar-refractivity contribution is 5.85. The van der Waals surface area contributed by atoms with Crippen LogP contribution >= 0.6 is 12.4 Å². The molecule has 0 aromatic carbocycles. The molecule has 0 atom stereocenters. The highest BCUT2D eigenvalue weighted by atomic mass is 35.5. The van der Waals surface area contributed by atoms with Crippen molar-refractivity contribution in [2.24, 2.45) is 0 Å². The van der Waals surface area contributed by atoms with Gasteiger partial charge in [0.25, 0.3) is 0 Å². The predicted octanol–water partition coefficient (Wildman–Crippen LogP) is -0.227. The molecule has 0 aromatic rings. The van der Waals surface area contributed by atoms with Gasteiger partial charge in [0.1, 0.15) is 6.73 Å². The summed E-state index contributed by atoms with van der Waals surface area (Å²) in [6, 6.07) is -0.163. The van der Waals surface area contributed by atoms with E-state index < -0.39 is 0 Å². The summed E-state index contributed by atoms with van der Waals surface area (Å²) in [5.41, 5.74) is 0. The maximum Gasteiger partial charge on any atom is 0.319 e. The summed E-state index contributed by atoms with van der Waals surface area (Å²) in [4.78, 5) is 12.3. The van der Waals surface area contributed by atoms with Gasteiger partial charge in [-0.3, -0.25) is 0 Å². The van der Waals surface area contributed by atoms with Crippen LogP contribution in [0.2, 0.25) is 0 Å². The van der Waals surface area contributed by atoms with Crippen LogP contribution in [-0.2, 0) is 0 Å². The van der Waals surface area contributed by atoms with E-state index in [1.54, 1.807) is 4.90 Å². The van der Waals surface area contributed by atoms with Crippen molar-refractivity contribution in [3.05, 3.63) is 0 Å². The maximum absolute atomic E-state index is 10.7. The van der Waals surface area contributed by atoms with Gasteiger partial charge in [-0.1, -0.05) is 0 Å². The van der Waals surface area contributed by atoms with Crippen molar-refractivity contribution in [2.45, 2.75) is 6.42 Å². The molecule has 1 fully saturated rings. The van der Waals surface area contributed by atoms with Gasteiger partial charge in [-0.15, -0.1) is 12.4 Å². The van der Waals surface area contributed by atoms with Gasteiger partial charge < -0.3 is 15.3 Å². The van der Waals surface area contributed by atoms with Crippen LogP contribution in [0.5, 0.6) is 0 Å². The van der Waals surface area contributed by atoms with Crippen LogP contribution in [0.4, 0.5) is 4.79 Å². The molecule has 0 aliphatic carbocycles. The molecule has 1 aliphatic rings. The van der Waals surface area contributed by atoms with Gasteiger partial charge in [0, 0.05) is 13.1 Å². The molecular weight excluding hydrogens is 156 g/mol. The van der Waals surface area contributed by atoms with Gasteiger partial charge in [-0.25, -0.2) is 4.79 Å². The summed E-state index contributed by atoms with van der Waals surface area (Å²) in [6.45, 7) is 1.38. The third-order valence-corrected chi connectivity index (χ3v) is 1.37. The SMILES string of the molecule is Cl.O=C(NCO)N1CCC1. The van der Waals surface area contributed by atoms with E-state index in [2.05, 4.69) is 5.32 Å². The Morgan fingerprint density at radius 3 is 2.50 bits per heavy atom. The van der Waals surface area contributed by atoms with Gasteiger partial charge in [0.05, 0.1) is 0 Å². The van der Waals surface area contributed by atoms with E-state index in [0.29, 0.717) is 0 Å². The minimum Gasteiger partial charge on any atom is -0.376 e. The van der Waals surface area contributed by atoms with E-state index in [9.17, 15) is 4.79 Å². The number of hydrogen-bond acceptors (Lipinski definition) is 2. The van der Waals surface area contributed by atoms with Crippen LogP contribution in [0.15, 0.2) is 0 Å². The molecule has 0 bridgehead atoms. The third kappa shape index (κ3) is 2.04. The molecule has 0 radical (unpaired) electrons. The lowest BCUT2D eigenvalue weighted by Gasteiger charge is -2.30. The van der Waals surface area contributed by atoms with Crippen molar-refractivity contribution in [1.29, 1.82) is 0 Å². The zero-order chi connectivity index (χ0) is 6.69. The van der Waals surface area contributed by atoms with E-state index in [4.69, 9.17) is 5.11 Å². The van der Waals surface area contributed by atoms with Crippen molar-refractivity contribution in [3.8, 4) is 0 Å². The highest BCUT2D eigenvalue weighted by Crippen LogP contribution is 2.04. The second-order valence-electron chi connectivity index (χ2n) is 1.98. The normalized spacial score (nSPS) is 15.1. The fourth-order valence-electron chi connectivity index (χ4n) is 0.699. The first-order valence-corrected chi connectivity index (χ1v) is 2.98. The van der Waals surface area contributed by atoms with E-state index >= 15 is 0 Å². The lowest BCUT2D eigenvalue weighted by molar-refractivity contribution is 0.154. The second kappa shape index (κ2) is 4.35. The van der Waals surface area contributed by atoms with Gasteiger partial charge >= 0.3 is 6.03 Å². The number of carbonyl (C=O) groups is 1. The first-order chi connectivity index (χ1) is 4.34. The molecule has 2 N–H and O–H groups in total. The monoisotopic (exact) mass is 166 g/mol. The Morgan fingerprint density at radius 1 is 1.60 bits per heavy atom. The number of nitrogens with zero attached hydrogens (tertiary/aromatic N) is 1. The number of likely N-dealkylation sites (tertiary alicyclic amines) is 1. The standard InChI is InChI=1S/C5H10N2O2.ClH/c8-4-6-5(9)7-2-1-3-7;/h8H,1-4H2,(H,6,9);1H. The molecule has 60 valence electrons. The number of aliphatic hydroxyl groups is 1. The molecule has 0 saturated carbocycles. The summed E-state index contributed by atoms with van der Waals surface area (Å²) >= 11 is 0. The molecular formula is C5H11ClN2O2. The number of carbonyl (C=O) groups excluding carboxylic acids is 1. The van der Waals surface area contributed by atoms with E-state index in [0.717, 1.165) is 19.5 Å². The van der Waals surface area contributed by atoms with Crippen molar-refractivity contribution >= 4 is 18.4 Å². The zero-order valence-electron chi connectivity index (χ0n) is 5.54. The summed E-state index contributed by atoms with van der Waals surface area (Å²) in [7, 11) is 0. The minimum absolute atomic E-state index is 0. The summed E-state index contributed by atoms with van der Waals surface area (Å²) < 4.78 is 0. The quantitative estimate of drug-likeness (QED) is 0.529. The Balaban J connectivity index is 0.000000810. The fourth-order valence-corrected chi connectivity index (χ4v) is 0.699. The minimum atomic E-state index is -0.269.